The summed E-state index contributed by atoms with van der Waals surface area (Å²) in [5, 5.41) is 6.87. The monoisotopic (exact) mass is 334 g/mol. The molecule has 3 heteroatoms. The van der Waals surface area contributed by atoms with E-state index in [4.69, 9.17) is 0 Å². The molecule has 2 N–H and O–H groups in total. The highest BCUT2D eigenvalue weighted by molar-refractivity contribution is 5.85. The molecule has 1 heterocycles. The van der Waals surface area contributed by atoms with Crippen LogP contribution in [0.3, 0.4) is 0 Å². The summed E-state index contributed by atoms with van der Waals surface area (Å²) in [6.45, 7) is 4.00. The second kappa shape index (κ2) is 7.01. The Kier molecular flexibility index (Phi) is 4.58. The van der Waals surface area contributed by atoms with E-state index in [2.05, 4.69) is 60.0 Å². The molecule has 1 aliphatic heterocycles. The van der Waals surface area contributed by atoms with Crippen molar-refractivity contribution in [1.29, 1.82) is 0 Å². The van der Waals surface area contributed by atoms with Gasteiger partial charge >= 0.3 is 0 Å². The zero-order chi connectivity index (χ0) is 17.2. The molecule has 2 aliphatic rings. The van der Waals surface area contributed by atoms with Crippen molar-refractivity contribution in [1.82, 2.24) is 10.6 Å². The van der Waals surface area contributed by atoms with E-state index in [0.717, 1.165) is 32.4 Å². The van der Waals surface area contributed by atoms with E-state index in [-0.39, 0.29) is 17.9 Å². The van der Waals surface area contributed by atoms with Crippen molar-refractivity contribution >= 4 is 5.91 Å². The normalized spacial score (nSPS) is 25.4. The van der Waals surface area contributed by atoms with Crippen LogP contribution < -0.4 is 10.6 Å². The number of piperidine rings is 1. The molecule has 1 aliphatic carbocycles. The maximum atomic E-state index is 13.0. The number of nitrogens with one attached hydrogen (secondary N) is 2. The number of hydrogen-bond donors (Lipinski definition) is 2. The van der Waals surface area contributed by atoms with Gasteiger partial charge in [-0.3, -0.25) is 4.79 Å². The molecule has 25 heavy (non-hydrogen) atoms. The molecule has 130 valence electrons. The molecule has 2 aromatic rings. The van der Waals surface area contributed by atoms with Crippen LogP contribution in [0.2, 0.25) is 0 Å². The van der Waals surface area contributed by atoms with Crippen LogP contribution in [0.25, 0.3) is 0 Å². The zero-order valence-corrected chi connectivity index (χ0v) is 14.8. The number of carbonyl (C=O) groups excluding carboxylic acids is 1. The molecule has 0 aromatic heterocycles. The summed E-state index contributed by atoms with van der Waals surface area (Å²) in [6, 6.07) is 17.3. The molecule has 3 atom stereocenters. The third-order valence-corrected chi connectivity index (χ3v) is 5.73. The Labute approximate surface area is 149 Å². The SMILES string of the molecule is Cc1ccc2c(c1)C(C(=O)NC1CCNCC1c1ccccc1)CC2. The van der Waals surface area contributed by atoms with Crippen LogP contribution in [0.4, 0.5) is 0 Å². The molecule has 4 rings (SSSR count). The second-order valence-corrected chi connectivity index (χ2v) is 7.42. The molecule has 0 saturated carbocycles. The number of aryl methyl sites for hydroxylation is 2. The Morgan fingerprint density at radius 2 is 1.96 bits per heavy atom. The maximum Gasteiger partial charge on any atom is 0.227 e. The standard InChI is InChI=1S/C22H26N2O/c1-15-7-8-17-9-10-18(19(17)13-15)22(25)24-21-11-12-23-14-20(21)16-5-3-2-4-6-16/h2-8,13,18,20-21,23H,9-12,14H2,1H3,(H,24,25). The average molecular weight is 334 g/mol. The van der Waals surface area contributed by atoms with E-state index in [1.165, 1.54) is 22.3 Å². The lowest BCUT2D eigenvalue weighted by Crippen LogP contribution is -2.49. The Morgan fingerprint density at radius 1 is 1.12 bits per heavy atom. The van der Waals surface area contributed by atoms with Crippen molar-refractivity contribution in [2.45, 2.75) is 44.1 Å². The van der Waals surface area contributed by atoms with Gasteiger partial charge in [0.05, 0.1) is 5.92 Å². The number of rotatable bonds is 3. The molecule has 1 amide bonds. The van der Waals surface area contributed by atoms with Crippen molar-refractivity contribution in [2.75, 3.05) is 13.1 Å². The smallest absolute Gasteiger partial charge is 0.227 e. The predicted molar refractivity (Wildman–Crippen MR) is 101 cm³/mol. The van der Waals surface area contributed by atoms with Crippen molar-refractivity contribution in [3.05, 3.63) is 70.8 Å². The molecule has 0 radical (unpaired) electrons. The van der Waals surface area contributed by atoms with E-state index in [1.54, 1.807) is 0 Å². The van der Waals surface area contributed by atoms with E-state index in [0.29, 0.717) is 5.92 Å². The fourth-order valence-corrected chi connectivity index (χ4v) is 4.36. The number of carbonyl (C=O) groups is 1. The number of fused-ring (bicyclic) bond motifs is 1. The fraction of sp³-hybridized carbons (Fsp3) is 0.409. The van der Waals surface area contributed by atoms with Crippen molar-refractivity contribution in [3.8, 4) is 0 Å². The molecule has 0 spiro atoms. The lowest BCUT2D eigenvalue weighted by molar-refractivity contribution is -0.123. The quantitative estimate of drug-likeness (QED) is 0.904. The van der Waals surface area contributed by atoms with Crippen LogP contribution in [0.1, 0.15) is 46.9 Å². The topological polar surface area (TPSA) is 41.1 Å². The minimum atomic E-state index is 0.0150. The summed E-state index contributed by atoms with van der Waals surface area (Å²) < 4.78 is 0. The van der Waals surface area contributed by atoms with E-state index >= 15 is 0 Å². The summed E-state index contributed by atoms with van der Waals surface area (Å²) in [6.07, 6.45) is 2.94. The number of benzene rings is 2. The van der Waals surface area contributed by atoms with Gasteiger partial charge in [0.1, 0.15) is 0 Å². The Balaban J connectivity index is 1.51. The molecule has 1 saturated heterocycles. The third-order valence-electron chi connectivity index (χ3n) is 5.73. The lowest BCUT2D eigenvalue weighted by Gasteiger charge is -2.34. The van der Waals surface area contributed by atoms with Crippen molar-refractivity contribution < 1.29 is 4.79 Å². The Bertz CT molecular complexity index is 756. The van der Waals surface area contributed by atoms with Crippen LogP contribution >= 0.6 is 0 Å². The van der Waals surface area contributed by atoms with E-state index in [1.807, 2.05) is 6.07 Å². The molecule has 0 bridgehead atoms. The fourth-order valence-electron chi connectivity index (χ4n) is 4.36. The maximum absolute atomic E-state index is 13.0. The second-order valence-electron chi connectivity index (χ2n) is 7.42. The summed E-state index contributed by atoms with van der Waals surface area (Å²) >= 11 is 0. The number of amides is 1. The highest BCUT2D eigenvalue weighted by atomic mass is 16.2. The van der Waals surface area contributed by atoms with Gasteiger partial charge in [0.15, 0.2) is 0 Å². The zero-order valence-electron chi connectivity index (χ0n) is 14.8. The van der Waals surface area contributed by atoms with Crippen molar-refractivity contribution in [3.63, 3.8) is 0 Å². The Morgan fingerprint density at radius 3 is 2.80 bits per heavy atom. The summed E-state index contributed by atoms with van der Waals surface area (Å²) in [7, 11) is 0. The van der Waals surface area contributed by atoms with Gasteiger partial charge in [-0.2, -0.15) is 0 Å². The van der Waals surface area contributed by atoms with Gasteiger partial charge in [0.2, 0.25) is 5.91 Å². The number of hydrogen-bond acceptors (Lipinski definition) is 2. The van der Waals surface area contributed by atoms with Crippen LogP contribution in [0, 0.1) is 6.92 Å². The lowest BCUT2D eigenvalue weighted by atomic mass is 9.86. The van der Waals surface area contributed by atoms with E-state index < -0.39 is 0 Å². The molecule has 1 fully saturated rings. The van der Waals surface area contributed by atoms with Crippen LogP contribution in [-0.2, 0) is 11.2 Å². The molecule has 3 nitrogen and oxygen atoms in total. The molecular formula is C22H26N2O. The molecular weight excluding hydrogens is 308 g/mol. The Hall–Kier alpha value is -2.13. The third kappa shape index (κ3) is 3.34. The van der Waals surface area contributed by atoms with Gasteiger partial charge in [0.25, 0.3) is 0 Å². The minimum Gasteiger partial charge on any atom is -0.352 e. The van der Waals surface area contributed by atoms with E-state index in [9.17, 15) is 4.79 Å². The van der Waals surface area contributed by atoms with Gasteiger partial charge < -0.3 is 10.6 Å². The first kappa shape index (κ1) is 16.3. The summed E-state index contributed by atoms with van der Waals surface area (Å²) in [5.41, 5.74) is 5.13. The van der Waals surface area contributed by atoms with Crippen LogP contribution in [0.5, 0.6) is 0 Å². The largest absolute Gasteiger partial charge is 0.352 e. The van der Waals surface area contributed by atoms with Gasteiger partial charge in [-0.1, -0.05) is 54.1 Å². The first-order valence-corrected chi connectivity index (χ1v) is 9.38. The molecule has 3 unspecified atom stereocenters. The van der Waals surface area contributed by atoms with Gasteiger partial charge in [0, 0.05) is 18.5 Å². The van der Waals surface area contributed by atoms with Gasteiger partial charge in [-0.15, -0.1) is 0 Å². The minimum absolute atomic E-state index is 0.0150. The highest BCUT2D eigenvalue weighted by Crippen LogP contribution is 2.34. The van der Waals surface area contributed by atoms with Crippen molar-refractivity contribution in [2.24, 2.45) is 0 Å². The van der Waals surface area contributed by atoms with Crippen LogP contribution in [-0.4, -0.2) is 25.0 Å². The van der Waals surface area contributed by atoms with Gasteiger partial charge in [-0.25, -0.2) is 0 Å². The van der Waals surface area contributed by atoms with Crippen LogP contribution in [0.15, 0.2) is 48.5 Å². The first-order chi connectivity index (χ1) is 12.2. The average Bonchev–Trinajstić information content (AvgIpc) is 3.06. The highest BCUT2D eigenvalue weighted by Gasteiger charge is 2.33. The predicted octanol–water partition coefficient (Wildman–Crippen LogP) is 3.29. The summed E-state index contributed by atoms with van der Waals surface area (Å²) in [5.74, 6) is 0.565. The summed E-state index contributed by atoms with van der Waals surface area (Å²) in [4.78, 5) is 13.0. The first-order valence-electron chi connectivity index (χ1n) is 9.38. The van der Waals surface area contributed by atoms with Gasteiger partial charge in [-0.05, 0) is 49.4 Å². The molecule has 2 aromatic carbocycles.